The van der Waals surface area contributed by atoms with Gasteiger partial charge in [0.2, 0.25) is 5.91 Å². The number of aryl methyl sites for hydroxylation is 1. The molecule has 1 amide bonds. The maximum Gasteiger partial charge on any atom is 0.227 e. The lowest BCUT2D eigenvalue weighted by Gasteiger charge is -2.26. The number of aliphatic hydroxyl groups is 2. The van der Waals surface area contributed by atoms with Gasteiger partial charge in [0.15, 0.2) is 6.29 Å². The van der Waals surface area contributed by atoms with Gasteiger partial charge in [-0.05, 0) is 30.5 Å². The van der Waals surface area contributed by atoms with Crippen molar-refractivity contribution in [1.82, 2.24) is 0 Å². The van der Waals surface area contributed by atoms with E-state index in [-0.39, 0.29) is 5.91 Å². The minimum atomic E-state index is -1.48. The van der Waals surface area contributed by atoms with E-state index in [1.54, 1.807) is 0 Å². The van der Waals surface area contributed by atoms with Crippen molar-refractivity contribution in [3.63, 3.8) is 0 Å². The van der Waals surface area contributed by atoms with Crippen molar-refractivity contribution in [2.45, 2.75) is 38.5 Å². The van der Waals surface area contributed by atoms with E-state index < -0.39 is 12.3 Å². The van der Waals surface area contributed by atoms with Crippen molar-refractivity contribution >= 4 is 11.6 Å². The first-order chi connectivity index (χ1) is 8.13. The van der Waals surface area contributed by atoms with Gasteiger partial charge in [-0.15, -0.1) is 0 Å². The van der Waals surface area contributed by atoms with E-state index in [4.69, 9.17) is 0 Å². The molecule has 0 saturated carbocycles. The fourth-order valence-corrected chi connectivity index (χ4v) is 2.22. The Bertz CT molecular complexity index is 400. The second kappa shape index (κ2) is 4.85. The molecule has 1 aromatic carbocycles. The van der Waals surface area contributed by atoms with E-state index in [1.165, 1.54) is 10.5 Å². The average Bonchev–Trinajstić information content (AvgIpc) is 2.71. The number of aliphatic hydroxyl groups excluding tert-OH is 1. The largest absolute Gasteiger partial charge is 0.366 e. The number of carbonyl (C=O) groups excluding carboxylic acids is 1. The molecule has 2 rings (SSSR count). The highest BCUT2D eigenvalue weighted by Crippen LogP contribution is 2.28. The molecule has 0 radical (unpaired) electrons. The van der Waals surface area contributed by atoms with E-state index in [2.05, 4.69) is 6.92 Å². The summed E-state index contributed by atoms with van der Waals surface area (Å²) in [5, 5.41) is 18.5. The lowest BCUT2D eigenvalue weighted by atomic mass is 10.1. The minimum absolute atomic E-state index is 0.0488. The van der Waals surface area contributed by atoms with Crippen LogP contribution >= 0.6 is 0 Å². The number of hydrogen-bond acceptors (Lipinski definition) is 3. The van der Waals surface area contributed by atoms with Crippen molar-refractivity contribution in [3.05, 3.63) is 29.8 Å². The first-order valence-corrected chi connectivity index (χ1v) is 5.90. The Morgan fingerprint density at radius 3 is 2.53 bits per heavy atom. The third-order valence-corrected chi connectivity index (χ3v) is 3.22. The molecule has 1 atom stereocenters. The predicted octanol–water partition coefficient (Wildman–Crippen LogP) is 1.06. The summed E-state index contributed by atoms with van der Waals surface area (Å²) in [7, 11) is 0. The minimum Gasteiger partial charge on any atom is -0.366 e. The first-order valence-electron chi connectivity index (χ1n) is 5.90. The highest BCUT2D eigenvalue weighted by atomic mass is 16.5. The van der Waals surface area contributed by atoms with Crippen molar-refractivity contribution in [2.75, 3.05) is 4.90 Å². The quantitative estimate of drug-likeness (QED) is 0.770. The van der Waals surface area contributed by atoms with Gasteiger partial charge < -0.3 is 15.1 Å². The predicted molar refractivity (Wildman–Crippen MR) is 64.6 cm³/mol. The van der Waals surface area contributed by atoms with Crippen molar-refractivity contribution < 1.29 is 15.0 Å². The maximum absolute atomic E-state index is 11.7. The molecule has 1 aliphatic heterocycles. The molecule has 1 heterocycles. The maximum atomic E-state index is 11.7. The lowest BCUT2D eigenvalue weighted by molar-refractivity contribution is -0.118. The Morgan fingerprint density at radius 1 is 1.35 bits per heavy atom. The van der Waals surface area contributed by atoms with E-state index in [1.807, 2.05) is 24.3 Å². The molecule has 2 N–H and O–H groups in total. The van der Waals surface area contributed by atoms with Crippen LogP contribution < -0.4 is 4.90 Å². The van der Waals surface area contributed by atoms with Gasteiger partial charge in [0.05, 0.1) is 6.04 Å². The SMILES string of the molecule is CCc1ccc(N2C(=O)CCC2C(O)O)cc1. The molecule has 1 aliphatic rings. The van der Waals surface area contributed by atoms with Crippen LogP contribution in [0.15, 0.2) is 24.3 Å². The fraction of sp³-hybridized carbons (Fsp3) is 0.462. The summed E-state index contributed by atoms with van der Waals surface area (Å²) in [6.45, 7) is 2.07. The standard InChI is InChI=1S/C13H17NO3/c1-2-9-3-5-10(6-4-9)14-11(13(16)17)7-8-12(14)15/h3-6,11,13,16-17H,2,7-8H2,1H3. The molecule has 1 unspecified atom stereocenters. The van der Waals surface area contributed by atoms with Crippen LogP contribution in [0.2, 0.25) is 0 Å². The summed E-state index contributed by atoms with van der Waals surface area (Å²) < 4.78 is 0. The van der Waals surface area contributed by atoms with Crippen LogP contribution in [0.25, 0.3) is 0 Å². The number of rotatable bonds is 3. The highest BCUT2D eigenvalue weighted by molar-refractivity contribution is 5.96. The Balaban J connectivity index is 2.26. The van der Waals surface area contributed by atoms with Crippen molar-refractivity contribution in [3.8, 4) is 0 Å². The zero-order chi connectivity index (χ0) is 12.4. The molecular weight excluding hydrogens is 218 g/mol. The summed E-state index contributed by atoms with van der Waals surface area (Å²) in [5.41, 5.74) is 1.93. The number of benzene rings is 1. The van der Waals surface area contributed by atoms with Crippen LogP contribution in [0.5, 0.6) is 0 Å². The van der Waals surface area contributed by atoms with Gasteiger partial charge in [-0.3, -0.25) is 4.79 Å². The van der Waals surface area contributed by atoms with E-state index >= 15 is 0 Å². The molecule has 17 heavy (non-hydrogen) atoms. The summed E-state index contributed by atoms with van der Waals surface area (Å²) >= 11 is 0. The van der Waals surface area contributed by atoms with Gasteiger partial charge in [-0.1, -0.05) is 19.1 Å². The molecule has 0 bridgehead atoms. The summed E-state index contributed by atoms with van der Waals surface area (Å²) in [6, 6.07) is 7.12. The molecule has 1 aromatic rings. The Kier molecular flexibility index (Phi) is 3.45. The molecule has 4 heteroatoms. The second-order valence-electron chi connectivity index (χ2n) is 4.30. The molecule has 4 nitrogen and oxygen atoms in total. The summed E-state index contributed by atoms with van der Waals surface area (Å²) in [6.07, 6.45) is 0.330. The van der Waals surface area contributed by atoms with E-state index in [0.29, 0.717) is 12.8 Å². The first kappa shape index (κ1) is 12.1. The van der Waals surface area contributed by atoms with E-state index in [0.717, 1.165) is 12.1 Å². The number of amides is 1. The van der Waals surface area contributed by atoms with Gasteiger partial charge in [0, 0.05) is 12.1 Å². The monoisotopic (exact) mass is 235 g/mol. The smallest absolute Gasteiger partial charge is 0.227 e. The average molecular weight is 235 g/mol. The Hall–Kier alpha value is -1.39. The summed E-state index contributed by atoms with van der Waals surface area (Å²) in [5.74, 6) is -0.0488. The topological polar surface area (TPSA) is 60.8 Å². The van der Waals surface area contributed by atoms with Gasteiger partial charge in [0.25, 0.3) is 0 Å². The molecule has 1 fully saturated rings. The lowest BCUT2D eigenvalue weighted by Crippen LogP contribution is -2.41. The van der Waals surface area contributed by atoms with Crippen LogP contribution in [-0.2, 0) is 11.2 Å². The zero-order valence-corrected chi connectivity index (χ0v) is 9.84. The highest BCUT2D eigenvalue weighted by Gasteiger charge is 2.35. The molecule has 1 saturated heterocycles. The zero-order valence-electron chi connectivity index (χ0n) is 9.84. The molecule has 0 spiro atoms. The third-order valence-electron chi connectivity index (χ3n) is 3.22. The van der Waals surface area contributed by atoms with Crippen LogP contribution in [-0.4, -0.2) is 28.5 Å². The second-order valence-corrected chi connectivity index (χ2v) is 4.30. The van der Waals surface area contributed by atoms with Crippen LogP contribution in [0.1, 0.15) is 25.3 Å². The molecule has 0 aromatic heterocycles. The molecule has 0 aliphatic carbocycles. The number of nitrogens with zero attached hydrogens (tertiary/aromatic N) is 1. The van der Waals surface area contributed by atoms with Crippen LogP contribution in [0.3, 0.4) is 0 Å². The Labute approximate surface area is 100 Å². The Morgan fingerprint density at radius 2 is 2.00 bits per heavy atom. The van der Waals surface area contributed by atoms with E-state index in [9.17, 15) is 15.0 Å². The number of carbonyl (C=O) groups is 1. The van der Waals surface area contributed by atoms with Gasteiger partial charge in [-0.2, -0.15) is 0 Å². The van der Waals surface area contributed by atoms with Gasteiger partial charge in [-0.25, -0.2) is 0 Å². The number of hydrogen-bond donors (Lipinski definition) is 2. The van der Waals surface area contributed by atoms with Crippen molar-refractivity contribution in [1.29, 1.82) is 0 Å². The van der Waals surface area contributed by atoms with Crippen LogP contribution in [0, 0.1) is 0 Å². The molecular formula is C13H17NO3. The van der Waals surface area contributed by atoms with Gasteiger partial charge in [0.1, 0.15) is 0 Å². The summed E-state index contributed by atoms with van der Waals surface area (Å²) in [4.78, 5) is 13.2. The normalized spacial score (nSPS) is 20.4. The number of anilines is 1. The van der Waals surface area contributed by atoms with Gasteiger partial charge >= 0.3 is 0 Å². The third kappa shape index (κ3) is 2.33. The van der Waals surface area contributed by atoms with Crippen molar-refractivity contribution in [2.24, 2.45) is 0 Å². The van der Waals surface area contributed by atoms with Crippen LogP contribution in [0.4, 0.5) is 5.69 Å². The molecule has 92 valence electrons. The fourth-order valence-electron chi connectivity index (χ4n) is 2.22.